The number of halogens is 1. The monoisotopic (exact) mass is 324 g/mol. The van der Waals surface area contributed by atoms with E-state index < -0.39 is 0 Å². The van der Waals surface area contributed by atoms with Crippen molar-refractivity contribution in [3.63, 3.8) is 0 Å². The molecule has 5 nitrogen and oxygen atoms in total. The summed E-state index contributed by atoms with van der Waals surface area (Å²) in [5.74, 6) is 0. The van der Waals surface area contributed by atoms with Crippen molar-refractivity contribution in [3.8, 4) is 0 Å². The van der Waals surface area contributed by atoms with Gasteiger partial charge in [-0.05, 0) is 41.0 Å². The Morgan fingerprint density at radius 3 is 3.05 bits per heavy atom. The van der Waals surface area contributed by atoms with Crippen molar-refractivity contribution in [2.75, 3.05) is 25.6 Å². The maximum atomic E-state index is 5.62. The Morgan fingerprint density at radius 2 is 2.32 bits per heavy atom. The molecule has 0 aliphatic heterocycles. The van der Waals surface area contributed by atoms with Crippen LogP contribution in [0.1, 0.15) is 6.42 Å². The minimum atomic E-state index is 0.172. The second-order valence-electron chi connectivity index (χ2n) is 4.25. The van der Waals surface area contributed by atoms with Crippen LogP contribution in [0, 0.1) is 0 Å². The lowest BCUT2D eigenvalue weighted by molar-refractivity contribution is 0.183. The Morgan fingerprint density at radius 1 is 1.47 bits per heavy atom. The molecule has 0 aliphatic rings. The van der Waals surface area contributed by atoms with Gasteiger partial charge >= 0.3 is 0 Å². The smallest absolute Gasteiger partial charge is 0.112 e. The first-order valence-corrected chi connectivity index (χ1v) is 6.89. The molecule has 2 rings (SSSR count). The van der Waals surface area contributed by atoms with Gasteiger partial charge in [0, 0.05) is 24.0 Å². The van der Waals surface area contributed by atoms with Crippen molar-refractivity contribution in [3.05, 3.63) is 29.0 Å². The number of anilines is 1. The van der Waals surface area contributed by atoms with Crippen LogP contribution in [0.15, 0.2) is 29.0 Å². The van der Waals surface area contributed by atoms with Gasteiger partial charge in [-0.2, -0.15) is 0 Å². The van der Waals surface area contributed by atoms with E-state index >= 15 is 0 Å². The predicted octanol–water partition coefficient (Wildman–Crippen LogP) is 2.17. The molecule has 2 aromatic rings. The van der Waals surface area contributed by atoms with Crippen LogP contribution in [-0.2, 0) is 4.74 Å². The first kappa shape index (κ1) is 14.2. The average Bonchev–Trinajstić information content (AvgIpc) is 2.39. The molecule has 0 aromatic carbocycles. The minimum Gasteiger partial charge on any atom is -0.383 e. The zero-order valence-electron chi connectivity index (χ0n) is 10.8. The van der Waals surface area contributed by atoms with Crippen molar-refractivity contribution in [2.24, 2.45) is 5.73 Å². The molecule has 102 valence electrons. The van der Waals surface area contributed by atoms with Crippen molar-refractivity contribution in [1.82, 2.24) is 9.97 Å². The van der Waals surface area contributed by atoms with Gasteiger partial charge in [0.1, 0.15) is 5.52 Å². The fraction of sp³-hybridized carbons (Fsp3) is 0.385. The van der Waals surface area contributed by atoms with Gasteiger partial charge in [0.15, 0.2) is 0 Å². The quantitative estimate of drug-likeness (QED) is 0.851. The number of methoxy groups -OCH3 is 1. The van der Waals surface area contributed by atoms with Gasteiger partial charge in [-0.25, -0.2) is 0 Å². The molecule has 0 saturated heterocycles. The number of nitrogens with one attached hydrogen (secondary N) is 1. The maximum Gasteiger partial charge on any atom is 0.112 e. The Kier molecular flexibility index (Phi) is 5.07. The molecular formula is C13H17BrN4O. The van der Waals surface area contributed by atoms with E-state index in [4.69, 9.17) is 10.5 Å². The minimum absolute atomic E-state index is 0.172. The lowest BCUT2D eigenvalue weighted by atomic mass is 10.2. The number of nitrogens with two attached hydrogens (primary N) is 1. The first-order valence-electron chi connectivity index (χ1n) is 6.10. The second kappa shape index (κ2) is 6.79. The van der Waals surface area contributed by atoms with E-state index in [-0.39, 0.29) is 6.04 Å². The Labute approximate surface area is 120 Å². The molecule has 1 atom stereocenters. The summed E-state index contributed by atoms with van der Waals surface area (Å²) in [6.07, 6.45) is 4.38. The summed E-state index contributed by atoms with van der Waals surface area (Å²) in [6, 6.07) is 4.04. The number of hydrogen-bond acceptors (Lipinski definition) is 5. The number of rotatable bonds is 6. The van der Waals surface area contributed by atoms with Crippen LogP contribution in [0.2, 0.25) is 0 Å². The second-order valence-corrected chi connectivity index (χ2v) is 5.17. The van der Waals surface area contributed by atoms with E-state index in [1.54, 1.807) is 19.5 Å². The predicted molar refractivity (Wildman–Crippen MR) is 80.2 cm³/mol. The molecule has 0 aliphatic carbocycles. The number of hydrogen-bond donors (Lipinski definition) is 2. The normalized spacial score (nSPS) is 12.6. The number of ether oxygens (including phenoxy) is 1. The molecule has 0 spiro atoms. The molecule has 0 amide bonds. The fourth-order valence-corrected chi connectivity index (χ4v) is 2.26. The summed E-state index contributed by atoms with van der Waals surface area (Å²) in [4.78, 5) is 8.72. The van der Waals surface area contributed by atoms with Crippen LogP contribution in [-0.4, -0.2) is 36.3 Å². The topological polar surface area (TPSA) is 73.1 Å². The molecular weight excluding hydrogens is 308 g/mol. The largest absolute Gasteiger partial charge is 0.383 e. The van der Waals surface area contributed by atoms with Crippen molar-refractivity contribution >= 4 is 32.7 Å². The highest BCUT2D eigenvalue weighted by molar-refractivity contribution is 9.10. The van der Waals surface area contributed by atoms with Gasteiger partial charge in [-0.3, -0.25) is 9.97 Å². The number of fused-ring (bicyclic) bond motifs is 1. The standard InChI is InChI=1S/C13H17BrN4O/c1-19-8-10(2-4-15)18-11-3-5-16-12-6-9(14)7-17-13(11)12/h3,5-7,10H,2,4,8,15H2,1H3,(H,16,18). The van der Waals surface area contributed by atoms with Gasteiger partial charge in [0.05, 0.1) is 23.9 Å². The Bertz CT molecular complexity index is 543. The molecule has 3 N–H and O–H groups in total. The number of nitrogens with zero attached hydrogens (tertiary/aromatic N) is 2. The van der Waals surface area contributed by atoms with E-state index in [9.17, 15) is 0 Å². The van der Waals surface area contributed by atoms with E-state index in [1.807, 2.05) is 12.1 Å². The molecule has 19 heavy (non-hydrogen) atoms. The van der Waals surface area contributed by atoms with Gasteiger partial charge in [-0.1, -0.05) is 0 Å². The first-order chi connectivity index (χ1) is 9.24. The molecule has 0 fully saturated rings. The third kappa shape index (κ3) is 3.62. The van der Waals surface area contributed by atoms with Crippen LogP contribution in [0.25, 0.3) is 11.0 Å². The molecule has 1 unspecified atom stereocenters. The van der Waals surface area contributed by atoms with Crippen molar-refractivity contribution in [2.45, 2.75) is 12.5 Å². The van der Waals surface area contributed by atoms with Crippen LogP contribution < -0.4 is 11.1 Å². The fourth-order valence-electron chi connectivity index (χ4n) is 1.94. The molecule has 0 saturated carbocycles. The van der Waals surface area contributed by atoms with E-state index in [1.165, 1.54) is 0 Å². The molecule has 6 heteroatoms. The Balaban J connectivity index is 2.28. The maximum absolute atomic E-state index is 5.62. The summed E-state index contributed by atoms with van der Waals surface area (Å²) in [5.41, 5.74) is 8.27. The van der Waals surface area contributed by atoms with E-state index in [0.717, 1.165) is 27.6 Å². The highest BCUT2D eigenvalue weighted by Gasteiger charge is 2.10. The van der Waals surface area contributed by atoms with Gasteiger partial charge in [0.25, 0.3) is 0 Å². The van der Waals surface area contributed by atoms with Gasteiger partial charge in [-0.15, -0.1) is 0 Å². The average molecular weight is 325 g/mol. The highest BCUT2D eigenvalue weighted by atomic mass is 79.9. The summed E-state index contributed by atoms with van der Waals surface area (Å²) in [7, 11) is 1.69. The van der Waals surface area contributed by atoms with E-state index in [0.29, 0.717) is 13.2 Å². The lowest BCUT2D eigenvalue weighted by Gasteiger charge is -2.19. The molecule has 2 aromatic heterocycles. The van der Waals surface area contributed by atoms with E-state index in [2.05, 4.69) is 31.2 Å². The summed E-state index contributed by atoms with van der Waals surface area (Å²) in [5, 5.41) is 3.42. The highest BCUT2D eigenvalue weighted by Crippen LogP contribution is 2.22. The molecule has 2 heterocycles. The zero-order valence-corrected chi connectivity index (χ0v) is 12.4. The summed E-state index contributed by atoms with van der Waals surface area (Å²) >= 11 is 3.40. The van der Waals surface area contributed by atoms with Crippen molar-refractivity contribution < 1.29 is 4.74 Å². The van der Waals surface area contributed by atoms with Crippen LogP contribution in [0.5, 0.6) is 0 Å². The van der Waals surface area contributed by atoms with Crippen molar-refractivity contribution in [1.29, 1.82) is 0 Å². The van der Waals surface area contributed by atoms with Crippen LogP contribution in [0.4, 0.5) is 5.69 Å². The summed E-state index contributed by atoms with van der Waals surface area (Å²) in [6.45, 7) is 1.22. The van der Waals surface area contributed by atoms with Gasteiger partial charge < -0.3 is 15.8 Å². The summed E-state index contributed by atoms with van der Waals surface area (Å²) < 4.78 is 6.12. The number of aromatic nitrogens is 2. The zero-order chi connectivity index (χ0) is 13.7. The van der Waals surface area contributed by atoms with Crippen LogP contribution >= 0.6 is 15.9 Å². The molecule has 0 radical (unpaired) electrons. The Hall–Kier alpha value is -1.24. The SMILES string of the molecule is COCC(CCN)Nc1ccnc2cc(Br)cnc12. The third-order valence-corrected chi connectivity index (χ3v) is 3.22. The number of pyridine rings is 2. The van der Waals surface area contributed by atoms with Crippen LogP contribution in [0.3, 0.4) is 0 Å². The lowest BCUT2D eigenvalue weighted by Crippen LogP contribution is -2.28. The molecule has 0 bridgehead atoms. The van der Waals surface area contributed by atoms with Gasteiger partial charge in [0.2, 0.25) is 0 Å². The third-order valence-electron chi connectivity index (χ3n) is 2.79.